The molecular formula is C10H13N3. The summed E-state index contributed by atoms with van der Waals surface area (Å²) in [5.41, 5.74) is 6.46. The minimum atomic E-state index is 0.777. The lowest BCUT2D eigenvalue weighted by molar-refractivity contribution is 0.806. The van der Waals surface area contributed by atoms with Crippen LogP contribution in [0, 0.1) is 0 Å². The van der Waals surface area contributed by atoms with Gasteiger partial charge in [0.05, 0.1) is 0 Å². The average Bonchev–Trinajstić information content (AvgIpc) is 2.19. The van der Waals surface area contributed by atoms with Gasteiger partial charge in [0.1, 0.15) is 5.82 Å². The van der Waals surface area contributed by atoms with Crippen LogP contribution < -0.4 is 10.6 Å². The molecule has 68 valence electrons. The number of pyridine rings is 1. The Kier molecular flexibility index (Phi) is 2.17. The summed E-state index contributed by atoms with van der Waals surface area (Å²) in [4.78, 5) is 6.49. The Morgan fingerprint density at radius 3 is 3.00 bits per heavy atom. The molecule has 0 fully saturated rings. The van der Waals surface area contributed by atoms with Crippen molar-refractivity contribution >= 4 is 11.5 Å². The van der Waals surface area contributed by atoms with Gasteiger partial charge in [0.15, 0.2) is 0 Å². The molecule has 0 saturated carbocycles. The molecule has 1 aromatic rings. The Morgan fingerprint density at radius 2 is 2.31 bits per heavy atom. The van der Waals surface area contributed by atoms with Crippen LogP contribution in [0.1, 0.15) is 6.42 Å². The highest BCUT2D eigenvalue weighted by Crippen LogP contribution is 2.15. The molecule has 0 bridgehead atoms. The van der Waals surface area contributed by atoms with Gasteiger partial charge in [-0.15, -0.1) is 0 Å². The summed E-state index contributed by atoms with van der Waals surface area (Å²) in [6, 6.07) is 3.72. The third kappa shape index (κ3) is 1.80. The summed E-state index contributed by atoms with van der Waals surface area (Å²) in [7, 11) is 0. The summed E-state index contributed by atoms with van der Waals surface area (Å²) in [6.45, 7) is 1.98. The molecule has 2 rings (SSSR count). The summed E-state index contributed by atoms with van der Waals surface area (Å²) in [5, 5.41) is 0. The quantitative estimate of drug-likeness (QED) is 0.656. The number of hydrogen-bond acceptors (Lipinski definition) is 3. The van der Waals surface area contributed by atoms with Crippen molar-refractivity contribution in [3.63, 3.8) is 0 Å². The van der Waals surface area contributed by atoms with Crippen molar-refractivity contribution in [3.05, 3.63) is 30.5 Å². The standard InChI is InChI=1S/C10H13N3/c11-9-4-5-12-10(8-9)13-6-2-1-3-7-13/h1-2,4-5,8H,3,6-7H2,(H2,11,12). The van der Waals surface area contributed by atoms with Crippen LogP contribution in [0.4, 0.5) is 11.5 Å². The van der Waals surface area contributed by atoms with E-state index in [0.29, 0.717) is 0 Å². The van der Waals surface area contributed by atoms with Gasteiger partial charge in [0, 0.05) is 31.0 Å². The fourth-order valence-corrected chi connectivity index (χ4v) is 1.46. The van der Waals surface area contributed by atoms with Gasteiger partial charge in [-0.2, -0.15) is 0 Å². The summed E-state index contributed by atoms with van der Waals surface area (Å²) in [6.07, 6.45) is 7.20. The molecule has 0 saturated heterocycles. The zero-order valence-corrected chi connectivity index (χ0v) is 7.48. The van der Waals surface area contributed by atoms with Crippen molar-refractivity contribution in [2.45, 2.75) is 6.42 Å². The van der Waals surface area contributed by atoms with E-state index in [1.165, 1.54) is 0 Å². The number of nitrogens with two attached hydrogens (primary N) is 1. The second-order valence-electron chi connectivity index (χ2n) is 3.15. The molecule has 2 heterocycles. The lowest BCUT2D eigenvalue weighted by Crippen LogP contribution is -2.27. The number of rotatable bonds is 1. The van der Waals surface area contributed by atoms with Crippen LogP contribution in [0.2, 0.25) is 0 Å². The van der Waals surface area contributed by atoms with Gasteiger partial charge in [-0.1, -0.05) is 12.2 Å². The topological polar surface area (TPSA) is 42.1 Å². The minimum absolute atomic E-state index is 0.777. The average molecular weight is 175 g/mol. The number of nitrogen functional groups attached to an aromatic ring is 1. The predicted molar refractivity (Wildman–Crippen MR) is 54.6 cm³/mol. The number of anilines is 2. The van der Waals surface area contributed by atoms with E-state index >= 15 is 0 Å². The molecule has 1 aromatic heterocycles. The SMILES string of the molecule is Nc1ccnc(N2CC=CCC2)c1. The summed E-state index contributed by atoms with van der Waals surface area (Å²) < 4.78 is 0. The van der Waals surface area contributed by atoms with Gasteiger partial charge in [-0.3, -0.25) is 0 Å². The van der Waals surface area contributed by atoms with Crippen LogP contribution in [0.3, 0.4) is 0 Å². The largest absolute Gasteiger partial charge is 0.399 e. The Bertz CT molecular complexity index is 320. The Labute approximate surface area is 77.9 Å². The third-order valence-electron chi connectivity index (χ3n) is 2.15. The van der Waals surface area contributed by atoms with E-state index in [1.807, 2.05) is 12.1 Å². The first-order valence-electron chi connectivity index (χ1n) is 4.48. The fourth-order valence-electron chi connectivity index (χ4n) is 1.46. The van der Waals surface area contributed by atoms with Crippen LogP contribution >= 0.6 is 0 Å². The van der Waals surface area contributed by atoms with Crippen molar-refractivity contribution in [1.82, 2.24) is 4.98 Å². The molecule has 0 amide bonds. The Morgan fingerprint density at radius 1 is 1.38 bits per heavy atom. The first-order valence-corrected chi connectivity index (χ1v) is 4.48. The Balaban J connectivity index is 2.20. The summed E-state index contributed by atoms with van der Waals surface area (Å²) in [5.74, 6) is 0.976. The highest BCUT2D eigenvalue weighted by Gasteiger charge is 2.07. The van der Waals surface area contributed by atoms with Crippen molar-refractivity contribution in [2.75, 3.05) is 23.7 Å². The number of aromatic nitrogens is 1. The molecular weight excluding hydrogens is 162 g/mol. The van der Waals surface area contributed by atoms with Gasteiger partial charge in [-0.05, 0) is 12.5 Å². The molecule has 3 nitrogen and oxygen atoms in total. The van der Waals surface area contributed by atoms with E-state index in [1.54, 1.807) is 6.20 Å². The van der Waals surface area contributed by atoms with Gasteiger partial charge in [0.25, 0.3) is 0 Å². The zero-order valence-electron chi connectivity index (χ0n) is 7.48. The van der Waals surface area contributed by atoms with Gasteiger partial charge < -0.3 is 10.6 Å². The molecule has 0 unspecified atom stereocenters. The van der Waals surface area contributed by atoms with E-state index in [0.717, 1.165) is 31.0 Å². The zero-order chi connectivity index (χ0) is 9.10. The summed E-state index contributed by atoms with van der Waals surface area (Å²) >= 11 is 0. The molecule has 0 atom stereocenters. The van der Waals surface area contributed by atoms with E-state index in [-0.39, 0.29) is 0 Å². The highest BCUT2D eigenvalue weighted by molar-refractivity contribution is 5.50. The molecule has 0 spiro atoms. The maximum Gasteiger partial charge on any atom is 0.130 e. The molecule has 13 heavy (non-hydrogen) atoms. The van der Waals surface area contributed by atoms with Gasteiger partial charge in [0.2, 0.25) is 0 Å². The van der Waals surface area contributed by atoms with Crippen LogP contribution in [-0.2, 0) is 0 Å². The van der Waals surface area contributed by atoms with Crippen molar-refractivity contribution in [3.8, 4) is 0 Å². The van der Waals surface area contributed by atoms with E-state index in [9.17, 15) is 0 Å². The highest BCUT2D eigenvalue weighted by atomic mass is 15.2. The number of hydrogen-bond donors (Lipinski definition) is 1. The molecule has 0 radical (unpaired) electrons. The van der Waals surface area contributed by atoms with Crippen LogP contribution in [0.15, 0.2) is 30.5 Å². The smallest absolute Gasteiger partial charge is 0.130 e. The van der Waals surface area contributed by atoms with Crippen molar-refractivity contribution < 1.29 is 0 Å². The fraction of sp³-hybridized carbons (Fsp3) is 0.300. The molecule has 1 aliphatic heterocycles. The molecule has 3 heteroatoms. The molecule has 0 aliphatic carbocycles. The maximum atomic E-state index is 5.68. The monoisotopic (exact) mass is 175 g/mol. The normalized spacial score (nSPS) is 16.2. The Hall–Kier alpha value is -1.51. The first-order chi connectivity index (χ1) is 6.36. The molecule has 1 aliphatic rings. The second kappa shape index (κ2) is 3.47. The third-order valence-corrected chi connectivity index (χ3v) is 2.15. The van der Waals surface area contributed by atoms with Crippen LogP contribution in [-0.4, -0.2) is 18.1 Å². The first kappa shape index (κ1) is 8.10. The van der Waals surface area contributed by atoms with Crippen LogP contribution in [0.25, 0.3) is 0 Å². The van der Waals surface area contributed by atoms with E-state index in [2.05, 4.69) is 22.0 Å². The minimum Gasteiger partial charge on any atom is -0.399 e. The van der Waals surface area contributed by atoms with Crippen molar-refractivity contribution in [2.24, 2.45) is 0 Å². The lowest BCUT2D eigenvalue weighted by atomic mass is 10.2. The second-order valence-corrected chi connectivity index (χ2v) is 3.15. The molecule has 0 aromatic carbocycles. The predicted octanol–water partition coefficient (Wildman–Crippen LogP) is 1.43. The van der Waals surface area contributed by atoms with Crippen LogP contribution in [0.5, 0.6) is 0 Å². The van der Waals surface area contributed by atoms with Crippen molar-refractivity contribution in [1.29, 1.82) is 0 Å². The molecule has 2 N–H and O–H groups in total. The maximum absolute atomic E-state index is 5.68. The number of nitrogens with zero attached hydrogens (tertiary/aromatic N) is 2. The van der Waals surface area contributed by atoms with Gasteiger partial charge >= 0.3 is 0 Å². The van der Waals surface area contributed by atoms with Gasteiger partial charge in [-0.25, -0.2) is 4.98 Å². The lowest BCUT2D eigenvalue weighted by Gasteiger charge is -2.24. The van der Waals surface area contributed by atoms with E-state index < -0.39 is 0 Å². The van der Waals surface area contributed by atoms with E-state index in [4.69, 9.17) is 5.73 Å².